The molecular weight excluding hydrogens is 793 g/mol. The molecule has 1 atom stereocenters. The van der Waals surface area contributed by atoms with Crippen LogP contribution in [0.3, 0.4) is 0 Å². The zero-order valence-corrected chi connectivity index (χ0v) is 43.9. The summed E-state index contributed by atoms with van der Waals surface area (Å²) in [6.45, 7) is 11.4. The van der Waals surface area contributed by atoms with Crippen LogP contribution in [-0.4, -0.2) is 37.2 Å². The number of carbonyl (C=O) groups excluding carboxylic acids is 3. The second-order valence-corrected chi connectivity index (χ2v) is 20.9. The summed E-state index contributed by atoms with van der Waals surface area (Å²) in [6.07, 6.45) is 53.7. The quantitative estimate of drug-likeness (QED) is 0.0344. The third-order valence-corrected chi connectivity index (χ3v) is 13.2. The summed E-state index contributed by atoms with van der Waals surface area (Å²) in [6, 6.07) is 0. The summed E-state index contributed by atoms with van der Waals surface area (Å²) in [4.78, 5) is 38.1. The fourth-order valence-electron chi connectivity index (χ4n) is 8.87. The summed E-state index contributed by atoms with van der Waals surface area (Å²) in [7, 11) is 0. The van der Waals surface area contributed by atoms with Crippen molar-refractivity contribution in [3.63, 3.8) is 0 Å². The van der Waals surface area contributed by atoms with Crippen molar-refractivity contribution < 1.29 is 28.6 Å². The highest BCUT2D eigenvalue weighted by Crippen LogP contribution is 2.18. The highest BCUT2D eigenvalue weighted by Gasteiger charge is 2.19. The second kappa shape index (κ2) is 50.8. The van der Waals surface area contributed by atoms with Crippen LogP contribution in [0.15, 0.2) is 0 Å². The zero-order valence-electron chi connectivity index (χ0n) is 43.9. The number of carbonyl (C=O) groups is 3. The van der Waals surface area contributed by atoms with Gasteiger partial charge in [0.2, 0.25) is 0 Å². The highest BCUT2D eigenvalue weighted by molar-refractivity contribution is 5.71. The van der Waals surface area contributed by atoms with Crippen LogP contribution >= 0.6 is 0 Å². The maximum Gasteiger partial charge on any atom is 0.306 e. The Kier molecular flexibility index (Phi) is 49.6. The Morgan fingerprint density at radius 1 is 0.297 bits per heavy atom. The van der Waals surface area contributed by atoms with Gasteiger partial charge in [-0.3, -0.25) is 14.4 Å². The van der Waals surface area contributed by atoms with Gasteiger partial charge in [0.1, 0.15) is 13.2 Å². The van der Waals surface area contributed by atoms with Gasteiger partial charge in [-0.25, -0.2) is 0 Å². The van der Waals surface area contributed by atoms with Crippen molar-refractivity contribution in [1.29, 1.82) is 0 Å². The minimum atomic E-state index is -0.762. The molecule has 0 fully saturated rings. The first-order valence-electron chi connectivity index (χ1n) is 28.7. The first-order valence-corrected chi connectivity index (χ1v) is 28.7. The predicted molar refractivity (Wildman–Crippen MR) is 275 cm³/mol. The Labute approximate surface area is 399 Å². The standard InChI is InChI=1S/C58H112O6/c1-6-7-8-9-10-11-12-13-14-19-24-30-35-40-45-50-58(61)64-55(52-63-57(60)49-44-39-34-29-25-20-22-27-32-37-42-47-54(4)5)51-62-56(59)48-43-38-33-28-23-18-16-15-17-21-26-31-36-41-46-53(2)3/h53-55H,6-52H2,1-5H3/t55-/m0/s1. The summed E-state index contributed by atoms with van der Waals surface area (Å²) >= 11 is 0. The molecule has 0 spiro atoms. The zero-order chi connectivity index (χ0) is 46.8. The maximum absolute atomic E-state index is 12.8. The van der Waals surface area contributed by atoms with E-state index in [1.54, 1.807) is 0 Å². The number of hydrogen-bond donors (Lipinski definition) is 0. The van der Waals surface area contributed by atoms with E-state index in [-0.39, 0.29) is 31.1 Å². The van der Waals surface area contributed by atoms with E-state index in [9.17, 15) is 14.4 Å². The minimum Gasteiger partial charge on any atom is -0.462 e. The van der Waals surface area contributed by atoms with Gasteiger partial charge in [-0.1, -0.05) is 285 Å². The van der Waals surface area contributed by atoms with Crippen LogP contribution in [0.1, 0.15) is 324 Å². The van der Waals surface area contributed by atoms with E-state index in [1.807, 2.05) is 0 Å². The normalized spacial score (nSPS) is 12.0. The first-order chi connectivity index (χ1) is 31.2. The maximum atomic E-state index is 12.8. The second-order valence-electron chi connectivity index (χ2n) is 20.9. The van der Waals surface area contributed by atoms with Crippen molar-refractivity contribution in [3.05, 3.63) is 0 Å². The van der Waals surface area contributed by atoms with E-state index >= 15 is 0 Å². The molecule has 0 aromatic heterocycles. The van der Waals surface area contributed by atoms with Gasteiger partial charge in [-0.2, -0.15) is 0 Å². The molecule has 64 heavy (non-hydrogen) atoms. The van der Waals surface area contributed by atoms with Crippen molar-refractivity contribution >= 4 is 17.9 Å². The molecule has 0 N–H and O–H groups in total. The molecule has 0 amide bonds. The average molecular weight is 906 g/mol. The van der Waals surface area contributed by atoms with Crippen molar-refractivity contribution in [2.24, 2.45) is 11.8 Å². The summed E-state index contributed by atoms with van der Waals surface area (Å²) < 4.78 is 16.9. The van der Waals surface area contributed by atoms with Crippen LogP contribution < -0.4 is 0 Å². The monoisotopic (exact) mass is 905 g/mol. The van der Waals surface area contributed by atoms with Gasteiger partial charge in [-0.05, 0) is 31.1 Å². The smallest absolute Gasteiger partial charge is 0.306 e. The SMILES string of the molecule is CCCCCCCCCCCCCCCCCC(=O)O[C@@H](COC(=O)CCCCCCCCCCCCCCCCC(C)C)COC(=O)CCCCCCCCCCCCCC(C)C. The lowest BCUT2D eigenvalue weighted by Gasteiger charge is -2.18. The van der Waals surface area contributed by atoms with E-state index in [4.69, 9.17) is 14.2 Å². The Balaban J connectivity index is 4.30. The Morgan fingerprint density at radius 3 is 0.766 bits per heavy atom. The van der Waals surface area contributed by atoms with E-state index in [2.05, 4.69) is 34.6 Å². The van der Waals surface area contributed by atoms with E-state index in [0.717, 1.165) is 69.6 Å². The molecule has 0 saturated carbocycles. The Hall–Kier alpha value is -1.59. The third kappa shape index (κ3) is 51.4. The van der Waals surface area contributed by atoms with Crippen LogP contribution in [0.4, 0.5) is 0 Å². The van der Waals surface area contributed by atoms with E-state index in [1.165, 1.54) is 212 Å². The molecule has 6 heteroatoms. The molecule has 0 aliphatic heterocycles. The molecule has 380 valence electrons. The van der Waals surface area contributed by atoms with Crippen molar-refractivity contribution in [2.75, 3.05) is 13.2 Å². The fourth-order valence-corrected chi connectivity index (χ4v) is 8.87. The lowest BCUT2D eigenvalue weighted by molar-refractivity contribution is -0.167. The van der Waals surface area contributed by atoms with Crippen LogP contribution in [0.2, 0.25) is 0 Å². The minimum absolute atomic E-state index is 0.0627. The van der Waals surface area contributed by atoms with Gasteiger partial charge in [0.25, 0.3) is 0 Å². The number of hydrogen-bond acceptors (Lipinski definition) is 6. The van der Waals surface area contributed by atoms with Gasteiger partial charge in [0.05, 0.1) is 0 Å². The van der Waals surface area contributed by atoms with Gasteiger partial charge < -0.3 is 14.2 Å². The van der Waals surface area contributed by atoms with Gasteiger partial charge in [-0.15, -0.1) is 0 Å². The molecule has 0 aliphatic carbocycles. The van der Waals surface area contributed by atoms with Crippen LogP contribution in [0, 0.1) is 11.8 Å². The Morgan fingerprint density at radius 2 is 0.516 bits per heavy atom. The largest absolute Gasteiger partial charge is 0.462 e. The first kappa shape index (κ1) is 62.4. The van der Waals surface area contributed by atoms with Gasteiger partial charge in [0, 0.05) is 19.3 Å². The lowest BCUT2D eigenvalue weighted by atomic mass is 10.0. The summed E-state index contributed by atoms with van der Waals surface area (Å²) in [5, 5.41) is 0. The molecule has 0 unspecified atom stereocenters. The van der Waals surface area contributed by atoms with Gasteiger partial charge in [0.15, 0.2) is 6.10 Å². The number of esters is 3. The molecule has 0 bridgehead atoms. The molecule has 0 rings (SSSR count). The molecule has 6 nitrogen and oxygen atoms in total. The lowest BCUT2D eigenvalue weighted by Crippen LogP contribution is -2.30. The van der Waals surface area contributed by atoms with Crippen LogP contribution in [-0.2, 0) is 28.6 Å². The topological polar surface area (TPSA) is 78.9 Å². The fraction of sp³-hybridized carbons (Fsp3) is 0.948. The number of rotatable bonds is 52. The molecule has 0 heterocycles. The number of unbranched alkanes of at least 4 members (excludes halogenated alkanes) is 37. The molecular formula is C58H112O6. The Bertz CT molecular complexity index is 978. The van der Waals surface area contributed by atoms with Crippen molar-refractivity contribution in [2.45, 2.75) is 330 Å². The third-order valence-electron chi connectivity index (χ3n) is 13.2. The highest BCUT2D eigenvalue weighted by atomic mass is 16.6. The van der Waals surface area contributed by atoms with Crippen LogP contribution in [0.5, 0.6) is 0 Å². The molecule has 0 saturated heterocycles. The molecule has 0 aromatic carbocycles. The predicted octanol–water partition coefficient (Wildman–Crippen LogP) is 18.9. The molecule has 0 aliphatic rings. The summed E-state index contributed by atoms with van der Waals surface area (Å²) in [5.41, 5.74) is 0. The van der Waals surface area contributed by atoms with Crippen molar-refractivity contribution in [1.82, 2.24) is 0 Å². The average Bonchev–Trinajstić information content (AvgIpc) is 3.27. The van der Waals surface area contributed by atoms with Crippen LogP contribution in [0.25, 0.3) is 0 Å². The van der Waals surface area contributed by atoms with E-state index < -0.39 is 6.10 Å². The molecule has 0 radical (unpaired) electrons. The number of ether oxygens (including phenoxy) is 3. The molecule has 0 aromatic rings. The summed E-state index contributed by atoms with van der Waals surface area (Å²) in [5.74, 6) is 0.832. The van der Waals surface area contributed by atoms with Crippen molar-refractivity contribution in [3.8, 4) is 0 Å². The van der Waals surface area contributed by atoms with E-state index in [0.29, 0.717) is 19.3 Å². The van der Waals surface area contributed by atoms with Gasteiger partial charge >= 0.3 is 17.9 Å².